The van der Waals surface area contributed by atoms with Crippen LogP contribution < -0.4 is 10.6 Å². The highest BCUT2D eigenvalue weighted by molar-refractivity contribution is 5.93. The standard InChI is InChI=1S/C24H35N3O4/c1-9-11-15-25-21(28)20(19-16(3)13-12-14-17(19)4)27(10-2)22(29)18(5)26-23(30)31-24(6,7)8/h2,12-14,18,20H,9,11,15H2,1,3-8H3,(H,25,28)(H,26,30). The summed E-state index contributed by atoms with van der Waals surface area (Å²) in [4.78, 5) is 39.5. The summed E-state index contributed by atoms with van der Waals surface area (Å²) in [6.45, 7) is 12.9. The summed E-state index contributed by atoms with van der Waals surface area (Å²) in [6, 6.07) is 5.99. The van der Waals surface area contributed by atoms with Crippen molar-refractivity contribution in [2.24, 2.45) is 0 Å². The summed E-state index contributed by atoms with van der Waals surface area (Å²) in [5.41, 5.74) is 1.65. The normalized spacial score (nSPS) is 12.8. The van der Waals surface area contributed by atoms with Gasteiger partial charge in [0.25, 0.3) is 5.91 Å². The lowest BCUT2D eigenvalue weighted by atomic mass is 9.94. The lowest BCUT2D eigenvalue weighted by molar-refractivity contribution is -0.138. The second-order valence-corrected chi connectivity index (χ2v) is 8.56. The minimum Gasteiger partial charge on any atom is -0.444 e. The van der Waals surface area contributed by atoms with Crippen LogP contribution in [0.15, 0.2) is 18.2 Å². The van der Waals surface area contributed by atoms with E-state index in [0.717, 1.165) is 28.9 Å². The van der Waals surface area contributed by atoms with Gasteiger partial charge in [0.15, 0.2) is 0 Å². The minimum absolute atomic E-state index is 0.360. The molecule has 2 atom stereocenters. The fraction of sp³-hybridized carbons (Fsp3) is 0.542. The molecule has 0 spiro atoms. The highest BCUT2D eigenvalue weighted by Crippen LogP contribution is 2.28. The molecule has 0 aromatic heterocycles. The van der Waals surface area contributed by atoms with E-state index in [4.69, 9.17) is 11.2 Å². The Morgan fingerprint density at radius 1 is 1.19 bits per heavy atom. The lowest BCUT2D eigenvalue weighted by Crippen LogP contribution is -2.50. The van der Waals surface area contributed by atoms with Crippen LogP contribution in [0.25, 0.3) is 0 Å². The van der Waals surface area contributed by atoms with Crippen LogP contribution in [0, 0.1) is 26.3 Å². The maximum absolute atomic E-state index is 13.2. The van der Waals surface area contributed by atoms with Crippen molar-refractivity contribution in [3.63, 3.8) is 0 Å². The van der Waals surface area contributed by atoms with Crippen LogP contribution in [-0.2, 0) is 14.3 Å². The average molecular weight is 430 g/mol. The minimum atomic E-state index is -1.02. The van der Waals surface area contributed by atoms with Crippen molar-refractivity contribution >= 4 is 17.9 Å². The van der Waals surface area contributed by atoms with Crippen LogP contribution >= 0.6 is 0 Å². The molecule has 31 heavy (non-hydrogen) atoms. The monoisotopic (exact) mass is 429 g/mol. The van der Waals surface area contributed by atoms with Gasteiger partial charge in [-0.1, -0.05) is 38.0 Å². The first-order valence-electron chi connectivity index (χ1n) is 10.6. The Morgan fingerprint density at radius 3 is 2.26 bits per heavy atom. The molecule has 7 heteroatoms. The summed E-state index contributed by atoms with van der Waals surface area (Å²) in [6.07, 6.45) is 6.70. The third-order valence-corrected chi connectivity index (χ3v) is 4.63. The van der Waals surface area contributed by atoms with Gasteiger partial charge in [-0.2, -0.15) is 0 Å². The number of unbranched alkanes of at least 4 members (excludes halogenated alkanes) is 1. The van der Waals surface area contributed by atoms with E-state index in [1.165, 1.54) is 6.92 Å². The molecule has 0 saturated heterocycles. The number of terminal acetylenes is 1. The molecule has 2 N–H and O–H groups in total. The largest absolute Gasteiger partial charge is 0.444 e. The van der Waals surface area contributed by atoms with E-state index in [9.17, 15) is 14.4 Å². The molecule has 7 nitrogen and oxygen atoms in total. The Morgan fingerprint density at radius 2 is 1.77 bits per heavy atom. The van der Waals surface area contributed by atoms with Gasteiger partial charge in [-0.25, -0.2) is 4.79 Å². The Hall–Kier alpha value is -3.01. The predicted molar refractivity (Wildman–Crippen MR) is 121 cm³/mol. The smallest absolute Gasteiger partial charge is 0.408 e. The number of nitrogens with one attached hydrogen (secondary N) is 2. The van der Waals surface area contributed by atoms with Crippen molar-refractivity contribution in [2.75, 3.05) is 6.54 Å². The maximum atomic E-state index is 13.2. The van der Waals surface area contributed by atoms with Gasteiger partial charge in [0.1, 0.15) is 17.7 Å². The van der Waals surface area contributed by atoms with E-state index in [1.807, 2.05) is 39.0 Å². The zero-order chi connectivity index (χ0) is 23.8. The molecule has 0 aliphatic carbocycles. The first kappa shape index (κ1) is 26.0. The highest BCUT2D eigenvalue weighted by atomic mass is 16.6. The molecule has 170 valence electrons. The van der Waals surface area contributed by atoms with E-state index < -0.39 is 29.7 Å². The summed E-state index contributed by atoms with van der Waals surface area (Å²) in [5, 5.41) is 5.37. The molecule has 1 aromatic rings. The molecule has 2 unspecified atom stereocenters. The Kier molecular flexibility index (Phi) is 9.57. The number of carbonyl (C=O) groups is 3. The summed E-state index contributed by atoms with van der Waals surface area (Å²) in [7, 11) is 0. The number of nitrogens with zero attached hydrogens (tertiary/aromatic N) is 1. The number of amides is 3. The van der Waals surface area contributed by atoms with Gasteiger partial charge < -0.3 is 15.4 Å². The molecule has 0 fully saturated rings. The van der Waals surface area contributed by atoms with Crippen molar-refractivity contribution < 1.29 is 19.1 Å². The van der Waals surface area contributed by atoms with Gasteiger partial charge in [0, 0.05) is 12.6 Å². The molecular formula is C24H35N3O4. The molecule has 0 radical (unpaired) electrons. The lowest BCUT2D eigenvalue weighted by Gasteiger charge is -2.31. The Balaban J connectivity index is 3.25. The van der Waals surface area contributed by atoms with Crippen LogP contribution in [0.5, 0.6) is 0 Å². The number of rotatable bonds is 8. The molecule has 0 aliphatic heterocycles. The maximum Gasteiger partial charge on any atom is 0.408 e. The molecule has 0 saturated carbocycles. The molecule has 0 heterocycles. The van der Waals surface area contributed by atoms with Crippen LogP contribution in [0.2, 0.25) is 0 Å². The van der Waals surface area contributed by atoms with Gasteiger partial charge in [0.05, 0.1) is 0 Å². The third kappa shape index (κ3) is 7.63. The topological polar surface area (TPSA) is 87.7 Å². The molecule has 1 aromatic carbocycles. The third-order valence-electron chi connectivity index (χ3n) is 4.63. The Bertz CT molecular complexity index is 816. The van der Waals surface area contributed by atoms with Gasteiger partial charge in [-0.15, -0.1) is 0 Å². The van der Waals surface area contributed by atoms with Crippen molar-refractivity contribution in [1.29, 1.82) is 0 Å². The average Bonchev–Trinajstić information content (AvgIpc) is 2.65. The summed E-state index contributed by atoms with van der Waals surface area (Å²) < 4.78 is 5.22. The second kappa shape index (κ2) is 11.4. The van der Waals surface area contributed by atoms with Crippen molar-refractivity contribution in [2.45, 2.75) is 79.0 Å². The number of hydrogen-bond donors (Lipinski definition) is 2. The van der Waals surface area contributed by atoms with Crippen molar-refractivity contribution in [3.8, 4) is 12.5 Å². The van der Waals surface area contributed by atoms with Crippen LogP contribution in [0.1, 0.15) is 70.2 Å². The van der Waals surface area contributed by atoms with Crippen LogP contribution in [-0.4, -0.2) is 41.0 Å². The summed E-state index contributed by atoms with van der Waals surface area (Å²) >= 11 is 0. The fourth-order valence-electron chi connectivity index (χ4n) is 3.14. The van der Waals surface area contributed by atoms with E-state index in [-0.39, 0.29) is 5.91 Å². The number of aryl methyl sites for hydroxylation is 2. The molecule has 1 rings (SSSR count). The number of hydrogen-bond acceptors (Lipinski definition) is 4. The molecule has 3 amide bonds. The number of ether oxygens (including phenoxy) is 1. The van der Waals surface area contributed by atoms with Crippen LogP contribution in [0.3, 0.4) is 0 Å². The first-order valence-corrected chi connectivity index (χ1v) is 10.6. The zero-order valence-corrected chi connectivity index (χ0v) is 19.7. The van der Waals surface area contributed by atoms with Gasteiger partial charge in [-0.05, 0) is 64.7 Å². The van der Waals surface area contributed by atoms with Gasteiger partial charge in [-0.3, -0.25) is 14.5 Å². The van der Waals surface area contributed by atoms with Crippen molar-refractivity contribution in [3.05, 3.63) is 34.9 Å². The van der Waals surface area contributed by atoms with E-state index in [0.29, 0.717) is 12.1 Å². The predicted octanol–water partition coefficient (Wildman–Crippen LogP) is 3.59. The van der Waals surface area contributed by atoms with E-state index >= 15 is 0 Å². The Labute approximate surface area is 185 Å². The molecule has 0 bridgehead atoms. The van der Waals surface area contributed by atoms with E-state index in [1.54, 1.807) is 20.8 Å². The zero-order valence-electron chi connectivity index (χ0n) is 19.7. The highest BCUT2D eigenvalue weighted by Gasteiger charge is 2.35. The molecule has 0 aliphatic rings. The number of alkyl carbamates (subject to hydrolysis) is 1. The first-order chi connectivity index (χ1) is 14.4. The van der Waals surface area contributed by atoms with Crippen molar-refractivity contribution in [1.82, 2.24) is 15.5 Å². The number of benzene rings is 1. The van der Waals surface area contributed by atoms with Gasteiger partial charge >= 0.3 is 6.09 Å². The number of carbonyl (C=O) groups excluding carboxylic acids is 3. The SMILES string of the molecule is C#CN(C(=O)C(C)NC(=O)OC(C)(C)C)C(C(=O)NCCCC)c1c(C)cccc1C. The van der Waals surface area contributed by atoms with Gasteiger partial charge in [0.2, 0.25) is 5.91 Å². The summed E-state index contributed by atoms with van der Waals surface area (Å²) in [5.74, 6) is -0.937. The van der Waals surface area contributed by atoms with E-state index in [2.05, 4.69) is 16.7 Å². The van der Waals surface area contributed by atoms with Crippen LogP contribution in [0.4, 0.5) is 4.79 Å². The second-order valence-electron chi connectivity index (χ2n) is 8.56. The fourth-order valence-corrected chi connectivity index (χ4v) is 3.14. The molecular weight excluding hydrogens is 394 g/mol. The quantitative estimate of drug-likeness (QED) is 0.376.